The first kappa shape index (κ1) is 35.3. The van der Waals surface area contributed by atoms with Crippen LogP contribution in [-0.4, -0.2) is 69.3 Å². The highest BCUT2D eigenvalue weighted by atomic mass is 16.2. The van der Waals surface area contributed by atoms with E-state index in [9.17, 15) is 19.2 Å². The van der Waals surface area contributed by atoms with E-state index in [0.29, 0.717) is 31.6 Å². The van der Waals surface area contributed by atoms with E-state index in [-0.39, 0.29) is 24.2 Å². The van der Waals surface area contributed by atoms with E-state index >= 15 is 0 Å². The fraction of sp³-hybridized carbons (Fsp3) is 0.472. The topological polar surface area (TPSA) is 137 Å². The number of carbonyl (C=O) groups is 4. The van der Waals surface area contributed by atoms with Crippen LogP contribution in [0.4, 0.5) is 0 Å². The van der Waals surface area contributed by atoms with Gasteiger partial charge < -0.3 is 25.8 Å². The van der Waals surface area contributed by atoms with Crippen molar-refractivity contribution < 1.29 is 19.2 Å². The van der Waals surface area contributed by atoms with E-state index in [2.05, 4.69) is 42.6 Å². The first-order valence-corrected chi connectivity index (χ1v) is 16.7. The summed E-state index contributed by atoms with van der Waals surface area (Å²) in [4.78, 5) is 60.4. The van der Waals surface area contributed by atoms with E-state index in [1.807, 2.05) is 68.7 Å². The quantitative estimate of drug-likeness (QED) is 0.292. The van der Waals surface area contributed by atoms with Crippen LogP contribution < -0.4 is 21.3 Å². The van der Waals surface area contributed by atoms with Crippen molar-refractivity contribution in [3.63, 3.8) is 0 Å². The maximum absolute atomic E-state index is 13.7. The van der Waals surface area contributed by atoms with Crippen LogP contribution in [0.1, 0.15) is 74.3 Å². The van der Waals surface area contributed by atoms with Crippen molar-refractivity contribution in [1.82, 2.24) is 35.7 Å². The Hall–Kier alpha value is -4.51. The maximum Gasteiger partial charge on any atom is 0.251 e. The normalized spacial score (nSPS) is 21.0. The van der Waals surface area contributed by atoms with Gasteiger partial charge in [-0.3, -0.25) is 24.1 Å². The largest absolute Gasteiger partial charge is 0.354 e. The predicted molar refractivity (Wildman–Crippen MR) is 181 cm³/mol. The van der Waals surface area contributed by atoms with Gasteiger partial charge in [0, 0.05) is 44.0 Å². The van der Waals surface area contributed by atoms with Crippen molar-refractivity contribution in [1.29, 1.82) is 0 Å². The highest BCUT2D eigenvalue weighted by Gasteiger charge is 2.29. The van der Waals surface area contributed by atoms with Crippen molar-refractivity contribution in [3.8, 4) is 0 Å². The Bertz CT molecular complexity index is 1470. The van der Waals surface area contributed by atoms with Gasteiger partial charge in [-0.1, -0.05) is 56.3 Å². The van der Waals surface area contributed by atoms with Crippen molar-refractivity contribution >= 4 is 23.6 Å². The first-order chi connectivity index (χ1) is 22.6. The fourth-order valence-electron chi connectivity index (χ4n) is 5.69. The molecule has 47 heavy (non-hydrogen) atoms. The molecule has 11 heteroatoms. The molecular formula is C36H49N7O4. The second-order valence-corrected chi connectivity index (χ2v) is 12.7. The van der Waals surface area contributed by atoms with Crippen molar-refractivity contribution in [2.24, 2.45) is 5.92 Å². The van der Waals surface area contributed by atoms with E-state index in [0.717, 1.165) is 42.9 Å². The summed E-state index contributed by atoms with van der Waals surface area (Å²) >= 11 is 0. The number of benzene rings is 2. The molecule has 0 saturated carbocycles. The summed E-state index contributed by atoms with van der Waals surface area (Å²) in [5.41, 5.74) is 2.35. The van der Waals surface area contributed by atoms with Gasteiger partial charge in [0.1, 0.15) is 23.9 Å². The molecule has 0 saturated heterocycles. The lowest BCUT2D eigenvalue weighted by atomic mass is 10.0. The molecule has 3 aromatic rings. The number of amides is 4. The lowest BCUT2D eigenvalue weighted by Crippen LogP contribution is -2.57. The van der Waals surface area contributed by atoms with E-state index in [1.165, 1.54) is 0 Å². The Balaban J connectivity index is 1.60. The SMILES string of the molecule is CCn1ccnc1CN1CCCCNC(=O)[C@@H](C)NC(=O)[C@H](CC(C)C)NC(=O)[C@@H](Cc2ccccc2)NC(=O)c2ccc(cc2)C1. The average Bonchev–Trinajstić information content (AvgIpc) is 3.50. The van der Waals surface area contributed by atoms with E-state index in [4.69, 9.17) is 0 Å². The third-order valence-electron chi connectivity index (χ3n) is 8.33. The Labute approximate surface area is 277 Å². The summed E-state index contributed by atoms with van der Waals surface area (Å²) in [5, 5.41) is 11.5. The number of nitrogens with one attached hydrogen (secondary N) is 4. The molecule has 4 amide bonds. The molecule has 2 aliphatic rings. The smallest absolute Gasteiger partial charge is 0.251 e. The van der Waals surface area contributed by atoms with Gasteiger partial charge in [-0.15, -0.1) is 0 Å². The van der Waals surface area contributed by atoms with Crippen LogP contribution in [0.3, 0.4) is 0 Å². The van der Waals surface area contributed by atoms with E-state index < -0.39 is 29.9 Å². The average molecular weight is 644 g/mol. The molecule has 0 aliphatic carbocycles. The molecule has 2 bridgehead atoms. The standard InChI is InChI=1S/C36H49N7O4/c1-5-43-20-18-37-32(43)24-42-19-10-9-17-38-33(44)26(4)39-35(46)30(21-25(2)3)41-36(47)31(22-27-11-7-6-8-12-27)40-34(45)29-15-13-28(23-42)14-16-29/h6-8,11-16,18,20,25-26,30-31H,5,9-10,17,19,21-24H2,1-4H3,(H,38,44)(H,39,46)(H,40,45)(H,41,47)/t26-,30+,31-/m1/s1. The summed E-state index contributed by atoms with van der Waals surface area (Å²) in [6.07, 6.45) is 6.01. The Morgan fingerprint density at radius 1 is 0.872 bits per heavy atom. The second kappa shape index (κ2) is 17.4. The molecule has 4 N–H and O–H groups in total. The van der Waals surface area contributed by atoms with Gasteiger partial charge in [0.25, 0.3) is 5.91 Å². The molecule has 252 valence electrons. The molecule has 0 radical (unpaired) electrons. The summed E-state index contributed by atoms with van der Waals surface area (Å²) < 4.78 is 2.12. The summed E-state index contributed by atoms with van der Waals surface area (Å²) in [6.45, 7) is 11.1. The predicted octanol–water partition coefficient (Wildman–Crippen LogP) is 3.19. The number of aromatic nitrogens is 2. The number of nitrogens with zero attached hydrogens (tertiary/aromatic N) is 3. The zero-order valence-electron chi connectivity index (χ0n) is 28.0. The summed E-state index contributed by atoms with van der Waals surface area (Å²) in [5.74, 6) is -0.506. The van der Waals surface area contributed by atoms with Crippen LogP contribution >= 0.6 is 0 Å². The summed E-state index contributed by atoms with van der Waals surface area (Å²) in [6, 6.07) is 14.3. The first-order valence-electron chi connectivity index (χ1n) is 16.7. The highest BCUT2D eigenvalue weighted by Crippen LogP contribution is 2.14. The van der Waals surface area contributed by atoms with Gasteiger partial charge in [-0.2, -0.15) is 0 Å². The van der Waals surface area contributed by atoms with E-state index in [1.54, 1.807) is 19.1 Å². The van der Waals surface area contributed by atoms with Gasteiger partial charge in [0.05, 0.1) is 6.54 Å². The van der Waals surface area contributed by atoms with Gasteiger partial charge in [0.15, 0.2) is 0 Å². The Morgan fingerprint density at radius 2 is 1.60 bits per heavy atom. The molecule has 5 rings (SSSR count). The zero-order chi connectivity index (χ0) is 33.8. The van der Waals surface area contributed by atoms with Crippen molar-refractivity contribution in [2.45, 2.75) is 91.1 Å². The van der Waals surface area contributed by atoms with Gasteiger partial charge in [-0.25, -0.2) is 4.98 Å². The minimum Gasteiger partial charge on any atom is -0.354 e. The second-order valence-electron chi connectivity index (χ2n) is 12.7. The third-order valence-corrected chi connectivity index (χ3v) is 8.33. The fourth-order valence-corrected chi connectivity index (χ4v) is 5.69. The van der Waals surface area contributed by atoms with Gasteiger partial charge in [0.2, 0.25) is 17.7 Å². The molecule has 2 aromatic carbocycles. The third kappa shape index (κ3) is 10.8. The van der Waals surface area contributed by atoms with Crippen molar-refractivity contribution in [2.75, 3.05) is 13.1 Å². The number of imidazole rings is 1. The van der Waals surface area contributed by atoms with Crippen LogP contribution in [0, 0.1) is 5.92 Å². The number of hydrogen-bond acceptors (Lipinski definition) is 6. The molecule has 0 unspecified atom stereocenters. The van der Waals surface area contributed by atoms with Crippen LogP contribution in [0.25, 0.3) is 0 Å². The summed E-state index contributed by atoms with van der Waals surface area (Å²) in [7, 11) is 0. The van der Waals surface area contributed by atoms with Crippen LogP contribution in [-0.2, 0) is 40.4 Å². The molecule has 2 aliphatic heterocycles. The monoisotopic (exact) mass is 643 g/mol. The molecular weight excluding hydrogens is 594 g/mol. The minimum atomic E-state index is -0.931. The molecule has 1 aromatic heterocycles. The Morgan fingerprint density at radius 3 is 2.30 bits per heavy atom. The zero-order valence-corrected chi connectivity index (χ0v) is 28.0. The lowest BCUT2D eigenvalue weighted by Gasteiger charge is -2.25. The number of carbonyl (C=O) groups excluding carboxylic acids is 4. The van der Waals surface area contributed by atoms with Gasteiger partial charge >= 0.3 is 0 Å². The minimum absolute atomic E-state index is 0.0898. The molecule has 11 nitrogen and oxygen atoms in total. The highest BCUT2D eigenvalue weighted by molar-refractivity contribution is 5.98. The Kier molecular flexibility index (Phi) is 13.1. The number of fused-ring (bicyclic) bond motifs is 18. The maximum atomic E-state index is 13.7. The van der Waals surface area contributed by atoms with Crippen molar-refractivity contribution in [3.05, 3.63) is 89.5 Å². The number of hydrogen-bond donors (Lipinski definition) is 4. The van der Waals surface area contributed by atoms with Crippen LogP contribution in [0.5, 0.6) is 0 Å². The van der Waals surface area contributed by atoms with Gasteiger partial charge in [-0.05, 0) is 68.8 Å². The molecule has 0 fully saturated rings. The number of aryl methyl sites for hydroxylation is 1. The van der Waals surface area contributed by atoms with Crippen LogP contribution in [0.15, 0.2) is 67.0 Å². The molecule has 3 heterocycles. The van der Waals surface area contributed by atoms with Crippen LogP contribution in [0.2, 0.25) is 0 Å². The number of rotatable bonds is 7. The molecule has 3 atom stereocenters. The lowest BCUT2D eigenvalue weighted by molar-refractivity contribution is -0.132. The molecule has 0 spiro atoms.